The number of hydrogen-bond acceptors (Lipinski definition) is 2. The molecule has 0 fully saturated rings. The summed E-state index contributed by atoms with van der Waals surface area (Å²) in [7, 11) is -4.64. The van der Waals surface area contributed by atoms with Gasteiger partial charge in [0.05, 0.1) is 0 Å². The van der Waals surface area contributed by atoms with Gasteiger partial charge in [-0.25, -0.2) is 4.57 Å². The van der Waals surface area contributed by atoms with Crippen LogP contribution in [-0.4, -0.2) is 79.3 Å². The van der Waals surface area contributed by atoms with Crippen molar-refractivity contribution in [2.45, 2.75) is 13.8 Å². The van der Waals surface area contributed by atoms with Gasteiger partial charge in [-0.2, -0.15) is 0 Å². The first-order valence-electron chi connectivity index (χ1n) is 2.77. The fraction of sp³-hybridized carbons (Fsp3) is 1.00. The van der Waals surface area contributed by atoms with Crippen molar-refractivity contribution in [2.75, 3.05) is 13.2 Å². The van der Waals surface area contributed by atoms with E-state index in [2.05, 4.69) is 0 Å². The van der Waals surface area contributed by atoms with Crippen LogP contribution in [-0.2, 0) is 9.30 Å². The maximum absolute atomic E-state index is 8.88. The van der Waals surface area contributed by atoms with Crippen molar-refractivity contribution >= 4 is 59.2 Å². The fourth-order valence-corrected chi connectivity index (χ4v) is 0.204. The number of hydrogen-bond donors (Lipinski definition) is 3. The Labute approximate surface area is 109 Å². The van der Waals surface area contributed by atoms with Gasteiger partial charge in [0, 0.05) is 13.2 Å². The summed E-state index contributed by atoms with van der Waals surface area (Å²) in [4.78, 5) is 21.6. The summed E-state index contributed by atoms with van der Waals surface area (Å²) in [5.74, 6) is 0. The fourth-order valence-electron chi connectivity index (χ4n) is 0.204. The molecule has 0 unspecified atom stereocenters. The van der Waals surface area contributed by atoms with Crippen molar-refractivity contribution in [3.63, 3.8) is 0 Å². The van der Waals surface area contributed by atoms with Crippen LogP contribution in [0.4, 0.5) is 0 Å². The summed E-state index contributed by atoms with van der Waals surface area (Å²) in [6.07, 6.45) is 0. The van der Waals surface area contributed by atoms with E-state index in [4.69, 9.17) is 24.0 Å². The zero-order valence-corrected chi connectivity index (χ0v) is 6.91. The summed E-state index contributed by atoms with van der Waals surface area (Å²) >= 11 is 0. The summed E-state index contributed by atoms with van der Waals surface area (Å²) in [6, 6.07) is 0. The third kappa shape index (κ3) is 80.3. The molecule has 0 radical (unpaired) electrons. The minimum atomic E-state index is -4.64. The normalized spacial score (nSPS) is 9.18. The molecule has 7 heteroatoms. The molecule has 0 aromatic carbocycles. The van der Waals surface area contributed by atoms with Crippen LogP contribution >= 0.6 is 7.82 Å². The van der Waals surface area contributed by atoms with Gasteiger partial charge in [-0.1, -0.05) is 0 Å². The van der Waals surface area contributed by atoms with Gasteiger partial charge in [-0.15, -0.1) is 0 Å². The van der Waals surface area contributed by atoms with E-state index in [1.54, 1.807) is 0 Å². The van der Waals surface area contributed by atoms with Crippen LogP contribution in [0.3, 0.4) is 0 Å². The van der Waals surface area contributed by atoms with Crippen LogP contribution in [0.2, 0.25) is 0 Å². The standard InChI is InChI=1S/C4H10O.K.H3O4P.H/c1-3-5-4-2;;1-5(2,3)4;/h3-4H2,1-2H3;;(H3,1,2,3,4);. The minimum absolute atomic E-state index is 0. The van der Waals surface area contributed by atoms with Gasteiger partial charge in [-0.3, -0.25) is 0 Å². The van der Waals surface area contributed by atoms with Crippen LogP contribution in [0, 0.1) is 0 Å². The molecule has 0 aromatic heterocycles. The molecule has 3 N–H and O–H groups in total. The van der Waals surface area contributed by atoms with Crippen molar-refractivity contribution in [1.82, 2.24) is 0 Å². The van der Waals surface area contributed by atoms with E-state index < -0.39 is 7.82 Å². The molecule has 66 valence electrons. The van der Waals surface area contributed by atoms with Crippen LogP contribution in [0.1, 0.15) is 13.8 Å². The number of rotatable bonds is 2. The second kappa shape index (κ2) is 11.7. The van der Waals surface area contributed by atoms with Crippen LogP contribution in [0.25, 0.3) is 0 Å². The SMILES string of the molecule is CCOCC.O=P(O)(O)O.[KH]. The van der Waals surface area contributed by atoms with Gasteiger partial charge in [0.1, 0.15) is 0 Å². The van der Waals surface area contributed by atoms with E-state index in [9.17, 15) is 0 Å². The van der Waals surface area contributed by atoms with E-state index in [0.717, 1.165) is 13.2 Å². The summed E-state index contributed by atoms with van der Waals surface area (Å²) in [6.45, 7) is 5.67. The van der Waals surface area contributed by atoms with E-state index in [1.165, 1.54) is 0 Å². The Morgan fingerprint density at radius 2 is 1.36 bits per heavy atom. The monoisotopic (exact) mass is 212 g/mol. The Bertz CT molecular complexity index is 92.4. The Kier molecular flexibility index (Phi) is 19.7. The van der Waals surface area contributed by atoms with Crippen molar-refractivity contribution < 1.29 is 24.0 Å². The Morgan fingerprint density at radius 3 is 1.36 bits per heavy atom. The second-order valence-electron chi connectivity index (χ2n) is 1.29. The van der Waals surface area contributed by atoms with Gasteiger partial charge >= 0.3 is 59.2 Å². The first-order valence-corrected chi connectivity index (χ1v) is 4.34. The number of ether oxygens (including phenoxy) is 1. The molecule has 0 amide bonds. The molecule has 0 spiro atoms. The van der Waals surface area contributed by atoms with Crippen LogP contribution < -0.4 is 0 Å². The van der Waals surface area contributed by atoms with Gasteiger partial charge in [0.2, 0.25) is 0 Å². The molecular formula is C4H14KO5P. The predicted molar refractivity (Wildman–Crippen MR) is 43.6 cm³/mol. The quantitative estimate of drug-likeness (QED) is 0.423. The Morgan fingerprint density at radius 1 is 1.18 bits per heavy atom. The van der Waals surface area contributed by atoms with Crippen molar-refractivity contribution in [2.24, 2.45) is 0 Å². The van der Waals surface area contributed by atoms with Crippen molar-refractivity contribution in [3.8, 4) is 0 Å². The number of phosphoric acid groups is 1. The van der Waals surface area contributed by atoms with Gasteiger partial charge in [-0.05, 0) is 13.8 Å². The predicted octanol–water partition coefficient (Wildman–Crippen LogP) is -0.534. The van der Waals surface area contributed by atoms with Gasteiger partial charge < -0.3 is 19.4 Å². The second-order valence-corrected chi connectivity index (χ2v) is 2.32. The molecule has 0 saturated heterocycles. The summed E-state index contributed by atoms with van der Waals surface area (Å²) in [5, 5.41) is 0. The Hall–Kier alpha value is 1.71. The molecule has 0 saturated carbocycles. The molecule has 5 nitrogen and oxygen atoms in total. The van der Waals surface area contributed by atoms with Crippen molar-refractivity contribution in [1.29, 1.82) is 0 Å². The van der Waals surface area contributed by atoms with E-state index in [1.807, 2.05) is 13.8 Å². The molecule has 0 bridgehead atoms. The third-order valence-corrected chi connectivity index (χ3v) is 0.408. The average Bonchev–Trinajstić information content (AvgIpc) is 1.63. The first-order chi connectivity index (χ1) is 4.41. The molecule has 11 heavy (non-hydrogen) atoms. The van der Waals surface area contributed by atoms with E-state index >= 15 is 0 Å². The maximum atomic E-state index is 8.88. The topological polar surface area (TPSA) is 87.0 Å². The third-order valence-electron chi connectivity index (χ3n) is 0.408. The summed E-state index contributed by atoms with van der Waals surface area (Å²) < 4.78 is 13.7. The molecule has 0 aliphatic rings. The summed E-state index contributed by atoms with van der Waals surface area (Å²) in [5.41, 5.74) is 0. The zero-order chi connectivity index (χ0) is 8.62. The first kappa shape index (κ1) is 18.5. The molecule has 0 aliphatic heterocycles. The zero-order valence-electron chi connectivity index (χ0n) is 6.02. The molecule has 0 aromatic rings. The average molecular weight is 212 g/mol. The van der Waals surface area contributed by atoms with Gasteiger partial charge in [0.25, 0.3) is 0 Å². The molecule has 0 rings (SSSR count). The molecular weight excluding hydrogens is 198 g/mol. The molecule has 0 atom stereocenters. The Balaban J connectivity index is -0.000000107. The van der Waals surface area contributed by atoms with Gasteiger partial charge in [0.15, 0.2) is 0 Å². The van der Waals surface area contributed by atoms with Crippen LogP contribution in [0.5, 0.6) is 0 Å². The molecule has 0 heterocycles. The van der Waals surface area contributed by atoms with E-state index in [-0.39, 0.29) is 51.4 Å². The van der Waals surface area contributed by atoms with E-state index in [0.29, 0.717) is 0 Å². The molecule has 0 aliphatic carbocycles. The van der Waals surface area contributed by atoms with Crippen LogP contribution in [0.15, 0.2) is 0 Å². The van der Waals surface area contributed by atoms with Crippen molar-refractivity contribution in [3.05, 3.63) is 0 Å².